The number of carbonyl (C=O) groups excluding carboxylic acids is 1. The molecular formula is C24H23N3OS. The zero-order valence-corrected chi connectivity index (χ0v) is 17.6. The van der Waals surface area contributed by atoms with E-state index in [0.717, 1.165) is 51.1 Å². The van der Waals surface area contributed by atoms with Gasteiger partial charge in [-0.25, -0.2) is 4.98 Å². The summed E-state index contributed by atoms with van der Waals surface area (Å²) in [6.45, 7) is 6.14. The van der Waals surface area contributed by atoms with Crippen LogP contribution in [-0.4, -0.2) is 20.7 Å². The summed E-state index contributed by atoms with van der Waals surface area (Å²) in [5, 5.41) is 0. The Kier molecular flexibility index (Phi) is 4.17. The molecule has 146 valence electrons. The zero-order valence-electron chi connectivity index (χ0n) is 16.8. The number of benzene rings is 2. The number of carbonyl (C=O) groups is 1. The minimum Gasteiger partial charge on any atom is -0.345 e. The summed E-state index contributed by atoms with van der Waals surface area (Å²) < 4.78 is 0. The molecular weight excluding hydrogens is 378 g/mol. The maximum Gasteiger partial charge on any atom is 0.255 e. The van der Waals surface area contributed by atoms with Crippen LogP contribution < -0.4 is 4.90 Å². The highest BCUT2D eigenvalue weighted by atomic mass is 32.1. The Balaban J connectivity index is 1.71. The Morgan fingerprint density at radius 2 is 1.93 bits per heavy atom. The minimum absolute atomic E-state index is 0.0350. The number of thiocarbonyl (C=S) groups is 1. The summed E-state index contributed by atoms with van der Waals surface area (Å²) in [4.78, 5) is 23.8. The summed E-state index contributed by atoms with van der Waals surface area (Å²) in [7, 11) is 0. The van der Waals surface area contributed by atoms with Gasteiger partial charge in [0.15, 0.2) is 0 Å². The van der Waals surface area contributed by atoms with E-state index in [1.165, 1.54) is 11.1 Å². The molecule has 1 N–H and O–H groups in total. The molecule has 1 amide bonds. The maximum absolute atomic E-state index is 13.5. The lowest BCUT2D eigenvalue weighted by atomic mass is 9.90. The van der Waals surface area contributed by atoms with Crippen LogP contribution in [0.5, 0.6) is 0 Å². The number of aromatic nitrogens is 2. The monoisotopic (exact) mass is 401 g/mol. The number of anilines is 1. The Hall–Kier alpha value is -2.79. The molecule has 2 aromatic carbocycles. The van der Waals surface area contributed by atoms with E-state index < -0.39 is 0 Å². The standard InChI is InChI=1S/C24H23N3OS/c1-13-4-5-14(2)18(10-13)22-21(23(29)16-6-7-16)15(3)24(28)27(22)17-8-9-19-20(11-17)26-12-25-19/h4-5,8-12,16,22H,6-7H2,1-3H3,(H,25,26). The van der Waals surface area contributed by atoms with E-state index in [1.807, 2.05) is 30.0 Å². The number of aryl methyl sites for hydroxylation is 2. The molecule has 2 aliphatic rings. The molecule has 5 heteroatoms. The predicted molar refractivity (Wildman–Crippen MR) is 120 cm³/mol. The first-order chi connectivity index (χ1) is 14.0. The van der Waals surface area contributed by atoms with Gasteiger partial charge in [0.1, 0.15) is 0 Å². The number of aromatic amines is 1. The van der Waals surface area contributed by atoms with Crippen molar-refractivity contribution in [1.29, 1.82) is 0 Å². The van der Waals surface area contributed by atoms with Crippen molar-refractivity contribution >= 4 is 39.7 Å². The predicted octanol–water partition coefficient (Wildman–Crippen LogP) is 5.36. The van der Waals surface area contributed by atoms with Crippen LogP contribution in [0, 0.1) is 19.8 Å². The van der Waals surface area contributed by atoms with E-state index in [2.05, 4.69) is 42.0 Å². The number of H-pyrrole nitrogens is 1. The normalized spacial score (nSPS) is 19.5. The average molecular weight is 402 g/mol. The molecule has 29 heavy (non-hydrogen) atoms. The van der Waals surface area contributed by atoms with Gasteiger partial charge in [0, 0.05) is 21.7 Å². The highest BCUT2D eigenvalue weighted by Crippen LogP contribution is 2.47. The van der Waals surface area contributed by atoms with Crippen molar-refractivity contribution in [3.63, 3.8) is 0 Å². The second-order valence-corrected chi connectivity index (χ2v) is 8.66. The molecule has 5 rings (SSSR count). The van der Waals surface area contributed by atoms with Gasteiger partial charge in [-0.15, -0.1) is 0 Å². The van der Waals surface area contributed by atoms with Crippen molar-refractivity contribution in [1.82, 2.24) is 9.97 Å². The second kappa shape index (κ2) is 6.63. The van der Waals surface area contributed by atoms with Gasteiger partial charge in [-0.05, 0) is 68.9 Å². The summed E-state index contributed by atoms with van der Waals surface area (Å²) in [5.41, 5.74) is 8.00. The van der Waals surface area contributed by atoms with Crippen molar-refractivity contribution in [3.8, 4) is 0 Å². The Morgan fingerprint density at radius 1 is 1.14 bits per heavy atom. The number of nitrogens with one attached hydrogen (secondary N) is 1. The van der Waals surface area contributed by atoms with Crippen molar-refractivity contribution in [2.45, 2.75) is 39.7 Å². The van der Waals surface area contributed by atoms with Gasteiger partial charge in [-0.2, -0.15) is 0 Å². The van der Waals surface area contributed by atoms with Gasteiger partial charge in [0.2, 0.25) is 0 Å². The molecule has 4 nitrogen and oxygen atoms in total. The Labute approximate surface area is 175 Å². The first-order valence-electron chi connectivity index (χ1n) is 10.0. The van der Waals surface area contributed by atoms with E-state index >= 15 is 0 Å². The van der Waals surface area contributed by atoms with E-state index in [0.29, 0.717) is 5.92 Å². The van der Waals surface area contributed by atoms with Crippen LogP contribution in [0.1, 0.15) is 42.5 Å². The fourth-order valence-electron chi connectivity index (χ4n) is 4.32. The largest absolute Gasteiger partial charge is 0.345 e. The van der Waals surface area contributed by atoms with Crippen LogP contribution in [0.3, 0.4) is 0 Å². The van der Waals surface area contributed by atoms with Crippen LogP contribution in [-0.2, 0) is 4.79 Å². The number of nitrogens with zero attached hydrogens (tertiary/aromatic N) is 2. The van der Waals surface area contributed by atoms with E-state index in [4.69, 9.17) is 12.2 Å². The van der Waals surface area contributed by atoms with Crippen molar-refractivity contribution in [2.24, 2.45) is 5.92 Å². The molecule has 1 atom stereocenters. The SMILES string of the molecule is CC1=C(C(=S)C2CC2)C(c2cc(C)ccc2C)N(c2ccc3nc[nH]c3c2)C1=O. The van der Waals surface area contributed by atoms with E-state index in [9.17, 15) is 4.79 Å². The quantitative estimate of drug-likeness (QED) is 0.599. The number of hydrogen-bond acceptors (Lipinski definition) is 3. The first-order valence-corrected chi connectivity index (χ1v) is 10.5. The van der Waals surface area contributed by atoms with Gasteiger partial charge < -0.3 is 4.98 Å². The lowest BCUT2D eigenvalue weighted by Gasteiger charge is -2.29. The van der Waals surface area contributed by atoms with Crippen LogP contribution in [0.2, 0.25) is 0 Å². The Morgan fingerprint density at radius 3 is 2.69 bits per heavy atom. The maximum atomic E-state index is 13.5. The average Bonchev–Trinajstić information content (AvgIpc) is 3.40. The number of hydrogen-bond donors (Lipinski definition) is 1. The third kappa shape index (κ3) is 2.92. The smallest absolute Gasteiger partial charge is 0.255 e. The highest BCUT2D eigenvalue weighted by molar-refractivity contribution is 7.81. The summed E-state index contributed by atoms with van der Waals surface area (Å²) in [6.07, 6.45) is 3.94. The van der Waals surface area contributed by atoms with Gasteiger partial charge in [0.05, 0.1) is 23.4 Å². The number of imidazole rings is 1. The molecule has 0 radical (unpaired) electrons. The topological polar surface area (TPSA) is 49.0 Å². The van der Waals surface area contributed by atoms with Crippen molar-refractivity contribution in [3.05, 3.63) is 70.6 Å². The summed E-state index contributed by atoms with van der Waals surface area (Å²) >= 11 is 5.90. The van der Waals surface area contributed by atoms with Gasteiger partial charge in [-0.3, -0.25) is 9.69 Å². The zero-order chi connectivity index (χ0) is 20.3. The lowest BCUT2D eigenvalue weighted by Crippen LogP contribution is -2.31. The van der Waals surface area contributed by atoms with Crippen LogP contribution in [0.4, 0.5) is 5.69 Å². The lowest BCUT2D eigenvalue weighted by molar-refractivity contribution is -0.114. The number of rotatable bonds is 4. The van der Waals surface area contributed by atoms with E-state index in [1.54, 1.807) is 6.33 Å². The van der Waals surface area contributed by atoms with Crippen LogP contribution in [0.15, 0.2) is 53.9 Å². The third-order valence-corrected chi connectivity index (χ3v) is 6.65. The molecule has 1 aliphatic heterocycles. The first kappa shape index (κ1) is 18.3. The minimum atomic E-state index is -0.184. The fraction of sp³-hybridized carbons (Fsp3) is 0.292. The number of fused-ring (bicyclic) bond motifs is 1. The molecule has 0 saturated heterocycles. The molecule has 3 aromatic rings. The molecule has 1 unspecified atom stereocenters. The molecule has 1 fully saturated rings. The summed E-state index contributed by atoms with van der Waals surface area (Å²) in [5.74, 6) is 0.471. The van der Waals surface area contributed by atoms with Gasteiger partial charge in [-0.1, -0.05) is 36.0 Å². The Bertz CT molecular complexity index is 1200. The number of amides is 1. The van der Waals surface area contributed by atoms with E-state index in [-0.39, 0.29) is 11.9 Å². The third-order valence-electron chi connectivity index (χ3n) is 6.10. The van der Waals surface area contributed by atoms with Crippen LogP contribution >= 0.6 is 12.2 Å². The molecule has 1 aliphatic carbocycles. The molecule has 1 aromatic heterocycles. The summed E-state index contributed by atoms with van der Waals surface area (Å²) in [6, 6.07) is 12.2. The second-order valence-electron chi connectivity index (χ2n) is 8.22. The van der Waals surface area contributed by atoms with Crippen molar-refractivity contribution in [2.75, 3.05) is 4.90 Å². The van der Waals surface area contributed by atoms with Crippen molar-refractivity contribution < 1.29 is 4.79 Å². The molecule has 0 spiro atoms. The molecule has 0 bridgehead atoms. The molecule has 1 saturated carbocycles. The molecule has 2 heterocycles. The highest BCUT2D eigenvalue weighted by Gasteiger charge is 2.44. The fourth-order valence-corrected chi connectivity index (χ4v) is 4.82. The van der Waals surface area contributed by atoms with Gasteiger partial charge in [0.25, 0.3) is 5.91 Å². The van der Waals surface area contributed by atoms with Crippen LogP contribution in [0.25, 0.3) is 11.0 Å². The van der Waals surface area contributed by atoms with Gasteiger partial charge >= 0.3 is 0 Å².